The molecule has 0 saturated carbocycles. The Morgan fingerprint density at radius 2 is 1.66 bits per heavy atom. The lowest BCUT2D eigenvalue weighted by Gasteiger charge is -2.20. The van der Waals surface area contributed by atoms with Crippen LogP contribution in [0.15, 0.2) is 42.5 Å². The summed E-state index contributed by atoms with van der Waals surface area (Å²) in [6.45, 7) is 8.86. The zero-order valence-corrected chi connectivity index (χ0v) is 18.4. The molecule has 0 aliphatic rings. The van der Waals surface area contributed by atoms with Gasteiger partial charge in [-0.3, -0.25) is 4.79 Å². The molecule has 158 valence electrons. The van der Waals surface area contributed by atoms with Gasteiger partial charge in [-0.2, -0.15) is 0 Å². The summed E-state index contributed by atoms with van der Waals surface area (Å²) < 4.78 is 16.3. The number of carbonyl (C=O) groups is 1. The quantitative estimate of drug-likeness (QED) is 0.630. The topological polar surface area (TPSA) is 56.8 Å². The van der Waals surface area contributed by atoms with Gasteiger partial charge in [0.15, 0.2) is 17.6 Å². The lowest BCUT2D eigenvalue weighted by molar-refractivity contribution is -0.127. The molecule has 0 bridgehead atoms. The second-order valence-corrected chi connectivity index (χ2v) is 8.12. The highest BCUT2D eigenvalue weighted by atomic mass is 16.5. The van der Waals surface area contributed by atoms with Gasteiger partial charge in [-0.15, -0.1) is 0 Å². The Morgan fingerprint density at radius 1 is 1.00 bits per heavy atom. The molecule has 0 aromatic heterocycles. The monoisotopic (exact) mass is 399 g/mol. The fourth-order valence-corrected chi connectivity index (χ4v) is 2.98. The molecule has 1 atom stereocenters. The molecule has 1 N–H and O–H groups in total. The Hall–Kier alpha value is -2.69. The summed E-state index contributed by atoms with van der Waals surface area (Å²) in [5.41, 5.74) is 2.47. The zero-order chi connectivity index (χ0) is 21.4. The van der Waals surface area contributed by atoms with Crippen molar-refractivity contribution in [3.63, 3.8) is 0 Å². The maximum atomic E-state index is 12.3. The molecular weight excluding hydrogens is 366 g/mol. The van der Waals surface area contributed by atoms with E-state index in [2.05, 4.69) is 26.1 Å². The molecule has 2 rings (SSSR count). The van der Waals surface area contributed by atoms with Crippen LogP contribution in [-0.2, 0) is 16.6 Å². The van der Waals surface area contributed by atoms with E-state index >= 15 is 0 Å². The highest BCUT2D eigenvalue weighted by Gasteiger charge is 2.16. The first-order chi connectivity index (χ1) is 13.7. The predicted octanol–water partition coefficient (Wildman–Crippen LogP) is 4.52. The van der Waals surface area contributed by atoms with E-state index in [9.17, 15) is 4.79 Å². The maximum absolute atomic E-state index is 12.3. The van der Waals surface area contributed by atoms with E-state index in [-0.39, 0.29) is 11.3 Å². The minimum Gasteiger partial charge on any atom is -0.493 e. The van der Waals surface area contributed by atoms with E-state index in [4.69, 9.17) is 14.2 Å². The molecule has 2 aromatic rings. The smallest absolute Gasteiger partial charge is 0.260 e. The van der Waals surface area contributed by atoms with E-state index in [1.54, 1.807) is 21.1 Å². The van der Waals surface area contributed by atoms with Crippen molar-refractivity contribution in [2.45, 2.75) is 52.1 Å². The summed E-state index contributed by atoms with van der Waals surface area (Å²) >= 11 is 0. The van der Waals surface area contributed by atoms with Crippen molar-refractivity contribution in [1.82, 2.24) is 5.32 Å². The van der Waals surface area contributed by atoms with Gasteiger partial charge in [0.05, 0.1) is 14.2 Å². The minimum absolute atomic E-state index is 0.0927. The molecule has 2 aromatic carbocycles. The maximum Gasteiger partial charge on any atom is 0.260 e. The number of hydrogen-bond donors (Lipinski definition) is 1. The summed E-state index contributed by atoms with van der Waals surface area (Å²) in [4.78, 5) is 12.3. The third-order valence-electron chi connectivity index (χ3n) is 4.79. The van der Waals surface area contributed by atoms with Gasteiger partial charge in [0.2, 0.25) is 0 Å². The van der Waals surface area contributed by atoms with Crippen LogP contribution in [0.1, 0.15) is 45.2 Å². The van der Waals surface area contributed by atoms with E-state index in [0.717, 1.165) is 18.4 Å². The van der Waals surface area contributed by atoms with Gasteiger partial charge in [0.25, 0.3) is 5.91 Å². The van der Waals surface area contributed by atoms with Crippen LogP contribution in [-0.4, -0.2) is 32.8 Å². The molecule has 0 heterocycles. The van der Waals surface area contributed by atoms with Crippen LogP contribution in [0.25, 0.3) is 0 Å². The van der Waals surface area contributed by atoms with Gasteiger partial charge in [-0.25, -0.2) is 0 Å². The highest BCUT2D eigenvalue weighted by Crippen LogP contribution is 2.28. The SMILES string of the molecule is COc1ccc(CCCNC(=O)[C@H](C)Oc2ccc(C(C)(C)C)cc2)cc1OC. The van der Waals surface area contributed by atoms with Crippen LogP contribution in [0, 0.1) is 0 Å². The summed E-state index contributed by atoms with van der Waals surface area (Å²) in [6.07, 6.45) is 1.12. The Kier molecular flexibility index (Phi) is 7.94. The van der Waals surface area contributed by atoms with Gasteiger partial charge in [-0.05, 0) is 60.6 Å². The average molecular weight is 400 g/mol. The molecule has 0 saturated heterocycles. The number of amides is 1. The number of hydrogen-bond acceptors (Lipinski definition) is 4. The Labute approximate surface area is 174 Å². The van der Waals surface area contributed by atoms with Crippen LogP contribution in [0.5, 0.6) is 17.2 Å². The van der Waals surface area contributed by atoms with Crippen molar-refractivity contribution >= 4 is 5.91 Å². The van der Waals surface area contributed by atoms with Crippen LogP contribution < -0.4 is 19.5 Å². The van der Waals surface area contributed by atoms with Crippen molar-refractivity contribution in [3.05, 3.63) is 53.6 Å². The van der Waals surface area contributed by atoms with E-state index in [1.165, 1.54) is 5.56 Å². The molecule has 0 radical (unpaired) electrons. The molecule has 29 heavy (non-hydrogen) atoms. The summed E-state index contributed by atoms with van der Waals surface area (Å²) in [7, 11) is 3.25. The average Bonchev–Trinajstić information content (AvgIpc) is 2.70. The summed E-state index contributed by atoms with van der Waals surface area (Å²) in [5, 5.41) is 2.94. The van der Waals surface area contributed by atoms with Crippen molar-refractivity contribution < 1.29 is 19.0 Å². The van der Waals surface area contributed by atoms with Gasteiger partial charge < -0.3 is 19.5 Å². The molecular formula is C24H33NO4. The first-order valence-corrected chi connectivity index (χ1v) is 10.0. The fourth-order valence-electron chi connectivity index (χ4n) is 2.98. The van der Waals surface area contributed by atoms with E-state index in [1.807, 2.05) is 42.5 Å². The van der Waals surface area contributed by atoms with Crippen LogP contribution >= 0.6 is 0 Å². The second-order valence-electron chi connectivity index (χ2n) is 8.12. The molecule has 0 unspecified atom stereocenters. The number of benzene rings is 2. The van der Waals surface area contributed by atoms with E-state index < -0.39 is 6.10 Å². The van der Waals surface area contributed by atoms with Crippen molar-refractivity contribution in [2.24, 2.45) is 0 Å². The zero-order valence-electron chi connectivity index (χ0n) is 18.4. The highest BCUT2D eigenvalue weighted by molar-refractivity contribution is 5.80. The lowest BCUT2D eigenvalue weighted by atomic mass is 9.87. The molecule has 5 heteroatoms. The molecule has 0 fully saturated rings. The third-order valence-corrected chi connectivity index (χ3v) is 4.79. The molecule has 1 amide bonds. The van der Waals surface area contributed by atoms with Crippen LogP contribution in [0.4, 0.5) is 0 Å². The number of ether oxygens (including phenoxy) is 3. The van der Waals surface area contributed by atoms with Crippen molar-refractivity contribution in [2.75, 3.05) is 20.8 Å². The number of aryl methyl sites for hydroxylation is 1. The van der Waals surface area contributed by atoms with Gasteiger partial charge in [0, 0.05) is 6.54 Å². The summed E-state index contributed by atoms with van der Waals surface area (Å²) in [5.74, 6) is 2.02. The van der Waals surface area contributed by atoms with Crippen molar-refractivity contribution in [1.29, 1.82) is 0 Å². The Morgan fingerprint density at radius 3 is 2.24 bits per heavy atom. The van der Waals surface area contributed by atoms with Gasteiger partial charge in [-0.1, -0.05) is 39.0 Å². The third kappa shape index (κ3) is 6.70. The van der Waals surface area contributed by atoms with E-state index in [0.29, 0.717) is 23.8 Å². The first kappa shape index (κ1) is 22.6. The number of methoxy groups -OCH3 is 2. The van der Waals surface area contributed by atoms with Gasteiger partial charge in [0.1, 0.15) is 5.75 Å². The molecule has 0 spiro atoms. The Balaban J connectivity index is 1.77. The van der Waals surface area contributed by atoms with Gasteiger partial charge >= 0.3 is 0 Å². The van der Waals surface area contributed by atoms with Crippen LogP contribution in [0.3, 0.4) is 0 Å². The summed E-state index contributed by atoms with van der Waals surface area (Å²) in [6, 6.07) is 13.8. The lowest BCUT2D eigenvalue weighted by Crippen LogP contribution is -2.36. The normalized spacial score (nSPS) is 12.2. The molecule has 0 aliphatic carbocycles. The fraction of sp³-hybridized carbons (Fsp3) is 0.458. The minimum atomic E-state index is -0.545. The first-order valence-electron chi connectivity index (χ1n) is 10.0. The van der Waals surface area contributed by atoms with Crippen LogP contribution in [0.2, 0.25) is 0 Å². The number of nitrogens with one attached hydrogen (secondary N) is 1. The number of rotatable bonds is 9. The molecule has 5 nitrogen and oxygen atoms in total. The van der Waals surface area contributed by atoms with Crippen molar-refractivity contribution in [3.8, 4) is 17.2 Å². The number of carbonyl (C=O) groups excluding carboxylic acids is 1. The second kappa shape index (κ2) is 10.2. The largest absolute Gasteiger partial charge is 0.493 e. The Bertz CT molecular complexity index is 794. The predicted molar refractivity (Wildman–Crippen MR) is 116 cm³/mol. The molecule has 0 aliphatic heterocycles. The standard InChI is InChI=1S/C24H33NO4/c1-17(29-20-12-10-19(11-13-20)24(2,3)4)23(26)25-15-7-8-18-9-14-21(27-5)22(16-18)28-6/h9-14,16-17H,7-8,15H2,1-6H3,(H,25,26)/t17-/m0/s1.